The lowest BCUT2D eigenvalue weighted by molar-refractivity contribution is 0.151. The van der Waals surface area contributed by atoms with Gasteiger partial charge in [-0.1, -0.05) is 13.8 Å². The van der Waals surface area contributed by atoms with Crippen LogP contribution in [0.15, 0.2) is 18.3 Å². The molecule has 0 radical (unpaired) electrons. The summed E-state index contributed by atoms with van der Waals surface area (Å²) in [7, 11) is 0. The fourth-order valence-corrected chi connectivity index (χ4v) is 2.46. The minimum Gasteiger partial charge on any atom is -0.364 e. The van der Waals surface area contributed by atoms with Crippen molar-refractivity contribution in [3.63, 3.8) is 0 Å². The standard InChI is InChI=1S/C13H23N3.2ClH/c1-11(2)10-13(12-4-3-5-15-12)16-8-6-14-7-9-16;;/h3-5,11,13-15H,6-10H2,1-2H3;2*1H/t13-;;/m0../s1. The molecule has 0 unspecified atom stereocenters. The topological polar surface area (TPSA) is 31.1 Å². The second-order valence-corrected chi connectivity index (χ2v) is 5.06. The van der Waals surface area contributed by atoms with Gasteiger partial charge in [-0.25, -0.2) is 0 Å². The molecule has 18 heavy (non-hydrogen) atoms. The van der Waals surface area contributed by atoms with Crippen LogP contribution < -0.4 is 5.32 Å². The van der Waals surface area contributed by atoms with Crippen molar-refractivity contribution in [1.29, 1.82) is 0 Å². The molecule has 1 aliphatic heterocycles. The first-order valence-corrected chi connectivity index (χ1v) is 6.35. The molecule has 2 heterocycles. The Morgan fingerprint density at radius 3 is 2.39 bits per heavy atom. The molecule has 3 nitrogen and oxygen atoms in total. The van der Waals surface area contributed by atoms with E-state index in [9.17, 15) is 0 Å². The van der Waals surface area contributed by atoms with Crippen molar-refractivity contribution in [1.82, 2.24) is 15.2 Å². The van der Waals surface area contributed by atoms with E-state index in [1.165, 1.54) is 12.1 Å². The van der Waals surface area contributed by atoms with E-state index in [4.69, 9.17) is 0 Å². The summed E-state index contributed by atoms with van der Waals surface area (Å²) in [6.45, 7) is 9.17. The third-order valence-electron chi connectivity index (χ3n) is 3.27. The first-order valence-electron chi connectivity index (χ1n) is 6.35. The van der Waals surface area contributed by atoms with Gasteiger partial charge in [-0.15, -0.1) is 24.8 Å². The van der Waals surface area contributed by atoms with Crippen LogP contribution in [-0.4, -0.2) is 36.1 Å². The van der Waals surface area contributed by atoms with E-state index >= 15 is 0 Å². The first kappa shape index (κ1) is 17.8. The molecule has 0 saturated carbocycles. The molecule has 1 fully saturated rings. The Labute approximate surface area is 123 Å². The van der Waals surface area contributed by atoms with Crippen LogP contribution in [0.5, 0.6) is 0 Å². The van der Waals surface area contributed by atoms with Gasteiger partial charge >= 0.3 is 0 Å². The highest BCUT2D eigenvalue weighted by Crippen LogP contribution is 2.26. The van der Waals surface area contributed by atoms with Gasteiger partial charge in [0.25, 0.3) is 0 Å². The van der Waals surface area contributed by atoms with Gasteiger partial charge in [0.05, 0.1) is 6.04 Å². The molecular formula is C13H25Cl2N3. The van der Waals surface area contributed by atoms with Gasteiger partial charge in [-0.3, -0.25) is 4.90 Å². The quantitative estimate of drug-likeness (QED) is 0.894. The van der Waals surface area contributed by atoms with Gasteiger partial charge < -0.3 is 10.3 Å². The predicted octanol–water partition coefficient (Wildman–Crippen LogP) is 2.85. The van der Waals surface area contributed by atoms with Crippen LogP contribution in [0.1, 0.15) is 32.0 Å². The lowest BCUT2D eigenvalue weighted by Crippen LogP contribution is -2.45. The Hall–Kier alpha value is -0.220. The number of aromatic nitrogens is 1. The van der Waals surface area contributed by atoms with Crippen LogP contribution in [0.4, 0.5) is 0 Å². The van der Waals surface area contributed by atoms with Gasteiger partial charge in [0.1, 0.15) is 0 Å². The molecule has 1 atom stereocenters. The summed E-state index contributed by atoms with van der Waals surface area (Å²) in [6.07, 6.45) is 3.27. The Balaban J connectivity index is 0.00000144. The molecule has 2 N–H and O–H groups in total. The van der Waals surface area contributed by atoms with Gasteiger partial charge in [0.2, 0.25) is 0 Å². The SMILES string of the molecule is CC(C)C[C@@H](c1ccc[nH]1)N1CCNCC1.Cl.Cl. The number of hydrogen-bond donors (Lipinski definition) is 2. The fourth-order valence-electron chi connectivity index (χ4n) is 2.46. The second-order valence-electron chi connectivity index (χ2n) is 5.06. The first-order chi connectivity index (χ1) is 7.77. The Morgan fingerprint density at radius 2 is 1.89 bits per heavy atom. The molecule has 1 aromatic heterocycles. The normalized spacial score (nSPS) is 17.9. The van der Waals surface area contributed by atoms with Gasteiger partial charge in [-0.05, 0) is 24.5 Å². The van der Waals surface area contributed by atoms with Crippen molar-refractivity contribution >= 4 is 24.8 Å². The maximum atomic E-state index is 3.42. The molecule has 0 aliphatic carbocycles. The largest absolute Gasteiger partial charge is 0.364 e. The summed E-state index contributed by atoms with van der Waals surface area (Å²) >= 11 is 0. The summed E-state index contributed by atoms with van der Waals surface area (Å²) in [4.78, 5) is 5.98. The van der Waals surface area contributed by atoms with Crippen molar-refractivity contribution in [2.45, 2.75) is 26.3 Å². The van der Waals surface area contributed by atoms with Crippen LogP contribution >= 0.6 is 24.8 Å². The molecule has 0 amide bonds. The lowest BCUT2D eigenvalue weighted by atomic mass is 9.99. The molecule has 2 rings (SSSR count). The second kappa shape index (κ2) is 8.81. The lowest BCUT2D eigenvalue weighted by Gasteiger charge is -2.35. The van der Waals surface area contributed by atoms with Gasteiger partial charge in [0.15, 0.2) is 0 Å². The number of aromatic amines is 1. The van der Waals surface area contributed by atoms with Crippen molar-refractivity contribution in [3.05, 3.63) is 24.0 Å². The minimum atomic E-state index is 0. The monoisotopic (exact) mass is 293 g/mol. The molecule has 1 aliphatic rings. The van der Waals surface area contributed by atoms with Crippen LogP contribution in [-0.2, 0) is 0 Å². The zero-order valence-electron chi connectivity index (χ0n) is 11.2. The average molecular weight is 294 g/mol. The summed E-state index contributed by atoms with van der Waals surface area (Å²) in [6, 6.07) is 4.89. The zero-order valence-corrected chi connectivity index (χ0v) is 12.8. The van der Waals surface area contributed by atoms with Gasteiger partial charge in [0, 0.05) is 38.1 Å². The third kappa shape index (κ3) is 4.81. The zero-order chi connectivity index (χ0) is 11.4. The molecule has 1 saturated heterocycles. The van der Waals surface area contributed by atoms with E-state index in [-0.39, 0.29) is 24.8 Å². The minimum absolute atomic E-state index is 0. The molecule has 0 spiro atoms. The van der Waals surface area contributed by atoms with Crippen LogP contribution in [0.3, 0.4) is 0 Å². The summed E-state index contributed by atoms with van der Waals surface area (Å²) in [5.41, 5.74) is 1.37. The number of halogens is 2. The fraction of sp³-hybridized carbons (Fsp3) is 0.692. The number of piperazine rings is 1. The van der Waals surface area contributed by atoms with Crippen LogP contribution in [0, 0.1) is 5.92 Å². The van der Waals surface area contributed by atoms with Gasteiger partial charge in [-0.2, -0.15) is 0 Å². The Morgan fingerprint density at radius 1 is 1.22 bits per heavy atom. The van der Waals surface area contributed by atoms with Crippen molar-refractivity contribution < 1.29 is 0 Å². The number of nitrogens with one attached hydrogen (secondary N) is 2. The van der Waals surface area contributed by atoms with Crippen LogP contribution in [0.2, 0.25) is 0 Å². The maximum absolute atomic E-state index is 3.42. The molecule has 1 aromatic rings. The number of H-pyrrole nitrogens is 1. The maximum Gasteiger partial charge on any atom is 0.0501 e. The van der Waals surface area contributed by atoms with Crippen molar-refractivity contribution in [2.75, 3.05) is 26.2 Å². The summed E-state index contributed by atoms with van der Waals surface area (Å²) < 4.78 is 0. The number of nitrogens with zero attached hydrogens (tertiary/aromatic N) is 1. The molecule has 5 heteroatoms. The predicted molar refractivity (Wildman–Crippen MR) is 81.9 cm³/mol. The van der Waals surface area contributed by atoms with E-state index in [0.717, 1.165) is 32.1 Å². The van der Waals surface area contributed by atoms with E-state index < -0.39 is 0 Å². The van der Waals surface area contributed by atoms with Crippen LogP contribution in [0.25, 0.3) is 0 Å². The summed E-state index contributed by atoms with van der Waals surface area (Å²) in [5, 5.41) is 3.42. The molecule has 106 valence electrons. The van der Waals surface area contributed by atoms with E-state index in [1.54, 1.807) is 0 Å². The highest BCUT2D eigenvalue weighted by Gasteiger charge is 2.23. The molecule has 0 bridgehead atoms. The number of rotatable bonds is 4. The van der Waals surface area contributed by atoms with Crippen molar-refractivity contribution in [2.24, 2.45) is 5.92 Å². The third-order valence-corrected chi connectivity index (χ3v) is 3.27. The summed E-state index contributed by atoms with van der Waals surface area (Å²) in [5.74, 6) is 0.739. The van der Waals surface area contributed by atoms with E-state index in [2.05, 4.69) is 41.2 Å². The molecule has 0 aromatic carbocycles. The highest BCUT2D eigenvalue weighted by molar-refractivity contribution is 5.85. The van der Waals surface area contributed by atoms with E-state index in [0.29, 0.717) is 6.04 Å². The smallest absolute Gasteiger partial charge is 0.0501 e. The highest BCUT2D eigenvalue weighted by atomic mass is 35.5. The number of hydrogen-bond acceptors (Lipinski definition) is 2. The van der Waals surface area contributed by atoms with Crippen molar-refractivity contribution in [3.8, 4) is 0 Å². The Kier molecular flexibility index (Phi) is 8.70. The average Bonchev–Trinajstić information content (AvgIpc) is 2.80. The Bertz CT molecular complexity index is 295. The van der Waals surface area contributed by atoms with E-state index in [1.807, 2.05) is 6.20 Å². The molecular weight excluding hydrogens is 269 g/mol.